The van der Waals surface area contributed by atoms with E-state index < -0.39 is 10.0 Å². The number of alkyl halides is 1. The third-order valence-electron chi connectivity index (χ3n) is 2.70. The Labute approximate surface area is 126 Å². The molecule has 0 saturated heterocycles. The summed E-state index contributed by atoms with van der Waals surface area (Å²) >= 11 is 5.56. The van der Waals surface area contributed by atoms with Gasteiger partial charge in [-0.05, 0) is 36.6 Å². The fourth-order valence-corrected chi connectivity index (χ4v) is 3.19. The second kappa shape index (κ2) is 7.86. The molecule has 0 aliphatic heterocycles. The Kier molecular flexibility index (Phi) is 6.79. The van der Waals surface area contributed by atoms with E-state index in [4.69, 9.17) is 16.3 Å². The molecule has 0 unspecified atom stereocenters. The molecule has 0 radical (unpaired) electrons. The van der Waals surface area contributed by atoms with Gasteiger partial charge in [-0.3, -0.25) is 0 Å². The predicted octanol–water partition coefficient (Wildman–Crippen LogP) is 2.97. The molecule has 1 aromatic carbocycles. The van der Waals surface area contributed by atoms with Crippen molar-refractivity contribution in [2.24, 2.45) is 5.92 Å². The number of benzene rings is 1. The predicted molar refractivity (Wildman–Crippen MR) is 81.9 cm³/mol. The van der Waals surface area contributed by atoms with Gasteiger partial charge < -0.3 is 4.74 Å². The molecule has 0 N–H and O–H groups in total. The van der Waals surface area contributed by atoms with Gasteiger partial charge in [0.2, 0.25) is 10.0 Å². The highest BCUT2D eigenvalue weighted by molar-refractivity contribution is 7.89. The van der Waals surface area contributed by atoms with E-state index in [0.717, 1.165) is 6.42 Å². The molecule has 20 heavy (non-hydrogen) atoms. The first-order chi connectivity index (χ1) is 9.37. The minimum absolute atomic E-state index is 0.283. The zero-order chi connectivity index (χ0) is 15.2. The Morgan fingerprint density at radius 3 is 2.35 bits per heavy atom. The first kappa shape index (κ1) is 17.3. The van der Waals surface area contributed by atoms with Crippen LogP contribution >= 0.6 is 11.6 Å². The Bertz CT molecular complexity index is 500. The van der Waals surface area contributed by atoms with Crippen LogP contribution in [0, 0.1) is 5.92 Å². The van der Waals surface area contributed by atoms with Crippen LogP contribution in [0.25, 0.3) is 0 Å². The topological polar surface area (TPSA) is 46.6 Å². The van der Waals surface area contributed by atoms with E-state index in [0.29, 0.717) is 24.8 Å². The maximum absolute atomic E-state index is 12.3. The molecule has 4 nitrogen and oxygen atoms in total. The molecule has 0 amide bonds. The number of hydrogen-bond donors (Lipinski definition) is 0. The molecule has 1 rings (SSSR count). The number of halogens is 1. The molecule has 6 heteroatoms. The molecule has 0 aliphatic rings. The minimum atomic E-state index is -3.42. The molecule has 0 saturated carbocycles. The van der Waals surface area contributed by atoms with Crippen molar-refractivity contribution in [1.82, 2.24) is 4.31 Å². The molecule has 0 atom stereocenters. The van der Waals surface area contributed by atoms with E-state index in [2.05, 4.69) is 0 Å². The first-order valence-electron chi connectivity index (χ1n) is 6.63. The highest BCUT2D eigenvalue weighted by Gasteiger charge is 2.21. The van der Waals surface area contributed by atoms with E-state index in [-0.39, 0.29) is 10.8 Å². The second-order valence-corrected chi connectivity index (χ2v) is 7.46. The Morgan fingerprint density at radius 1 is 1.25 bits per heavy atom. The number of hydrogen-bond acceptors (Lipinski definition) is 3. The van der Waals surface area contributed by atoms with Crippen molar-refractivity contribution in [3.05, 3.63) is 24.3 Å². The largest absolute Gasteiger partial charge is 0.494 e. The summed E-state index contributed by atoms with van der Waals surface area (Å²) in [6, 6.07) is 6.49. The summed E-state index contributed by atoms with van der Waals surface area (Å²) in [6.45, 7) is 5.00. The normalized spacial score (nSPS) is 12.1. The number of ether oxygens (including phenoxy) is 1. The Morgan fingerprint density at radius 2 is 1.85 bits per heavy atom. The van der Waals surface area contributed by atoms with Gasteiger partial charge in [0.05, 0.1) is 11.5 Å². The molecule has 0 fully saturated rings. The molecular formula is C14H22ClNO3S. The van der Waals surface area contributed by atoms with Crippen LogP contribution in [-0.4, -0.2) is 38.8 Å². The molecule has 0 bridgehead atoms. The van der Waals surface area contributed by atoms with Gasteiger partial charge >= 0.3 is 0 Å². The molecule has 0 aromatic heterocycles. The Balaban J connectivity index is 2.76. The lowest BCUT2D eigenvalue weighted by Gasteiger charge is -2.19. The van der Waals surface area contributed by atoms with Gasteiger partial charge in [0.15, 0.2) is 0 Å². The average Bonchev–Trinajstić information content (AvgIpc) is 2.39. The smallest absolute Gasteiger partial charge is 0.242 e. The van der Waals surface area contributed by atoms with E-state index in [1.165, 1.54) is 4.31 Å². The van der Waals surface area contributed by atoms with Crippen molar-refractivity contribution < 1.29 is 13.2 Å². The summed E-state index contributed by atoms with van der Waals surface area (Å²) in [6.07, 6.45) is 0.763. The fraction of sp³-hybridized carbons (Fsp3) is 0.571. The van der Waals surface area contributed by atoms with E-state index in [1.54, 1.807) is 31.3 Å². The lowest BCUT2D eigenvalue weighted by molar-refractivity contribution is 0.318. The number of sulfonamides is 1. The van der Waals surface area contributed by atoms with Crippen LogP contribution in [0.2, 0.25) is 0 Å². The highest BCUT2D eigenvalue weighted by Crippen LogP contribution is 2.19. The maximum atomic E-state index is 12.3. The zero-order valence-corrected chi connectivity index (χ0v) is 13.7. The van der Waals surface area contributed by atoms with Crippen LogP contribution < -0.4 is 4.74 Å². The van der Waals surface area contributed by atoms with Gasteiger partial charge in [-0.2, -0.15) is 0 Å². The standard InChI is InChI=1S/C14H22ClNO3S/c1-12(2)11-16(3)20(17,18)14-7-5-13(6-8-14)19-10-4-9-15/h5-8,12H,4,9-11H2,1-3H3. The average molecular weight is 320 g/mol. The summed E-state index contributed by atoms with van der Waals surface area (Å²) in [4.78, 5) is 0.283. The van der Waals surface area contributed by atoms with Crippen molar-refractivity contribution >= 4 is 21.6 Å². The van der Waals surface area contributed by atoms with Gasteiger partial charge in [0.1, 0.15) is 5.75 Å². The van der Waals surface area contributed by atoms with Gasteiger partial charge in [-0.1, -0.05) is 13.8 Å². The first-order valence-corrected chi connectivity index (χ1v) is 8.60. The van der Waals surface area contributed by atoms with Crippen LogP contribution in [0.1, 0.15) is 20.3 Å². The fourth-order valence-electron chi connectivity index (χ4n) is 1.74. The van der Waals surface area contributed by atoms with Crippen molar-refractivity contribution in [3.63, 3.8) is 0 Å². The van der Waals surface area contributed by atoms with Crippen molar-refractivity contribution in [1.29, 1.82) is 0 Å². The molecule has 114 valence electrons. The number of nitrogens with zero attached hydrogens (tertiary/aromatic N) is 1. The van der Waals surface area contributed by atoms with Crippen molar-refractivity contribution in [2.75, 3.05) is 26.1 Å². The summed E-state index contributed by atoms with van der Waals surface area (Å²) in [5.74, 6) is 1.49. The Hall–Kier alpha value is -0.780. The van der Waals surface area contributed by atoms with E-state index in [1.807, 2.05) is 13.8 Å². The lowest BCUT2D eigenvalue weighted by Crippen LogP contribution is -2.30. The highest BCUT2D eigenvalue weighted by atomic mass is 35.5. The molecule has 1 aromatic rings. The van der Waals surface area contributed by atoms with E-state index in [9.17, 15) is 8.42 Å². The van der Waals surface area contributed by atoms with Crippen LogP contribution in [0.3, 0.4) is 0 Å². The van der Waals surface area contributed by atoms with Gasteiger partial charge in [0.25, 0.3) is 0 Å². The molecule has 0 heterocycles. The third-order valence-corrected chi connectivity index (χ3v) is 4.81. The van der Waals surface area contributed by atoms with Gasteiger partial charge in [0, 0.05) is 19.5 Å². The van der Waals surface area contributed by atoms with Gasteiger partial charge in [-0.25, -0.2) is 12.7 Å². The van der Waals surface area contributed by atoms with Crippen molar-refractivity contribution in [2.45, 2.75) is 25.2 Å². The molecule has 0 spiro atoms. The summed E-state index contributed by atoms with van der Waals surface area (Å²) < 4.78 is 31.4. The summed E-state index contributed by atoms with van der Waals surface area (Å²) in [5, 5.41) is 0. The SMILES string of the molecule is CC(C)CN(C)S(=O)(=O)c1ccc(OCCCCl)cc1. The van der Waals surface area contributed by atoms with Crippen LogP contribution in [0.15, 0.2) is 29.2 Å². The van der Waals surface area contributed by atoms with Crippen LogP contribution in [0.5, 0.6) is 5.75 Å². The quantitative estimate of drug-likeness (QED) is 0.546. The summed E-state index contributed by atoms with van der Waals surface area (Å²) in [7, 11) is -1.82. The minimum Gasteiger partial charge on any atom is -0.494 e. The summed E-state index contributed by atoms with van der Waals surface area (Å²) in [5.41, 5.74) is 0. The maximum Gasteiger partial charge on any atom is 0.242 e. The third kappa shape index (κ3) is 4.96. The molecular weight excluding hydrogens is 298 g/mol. The van der Waals surface area contributed by atoms with E-state index >= 15 is 0 Å². The second-order valence-electron chi connectivity index (χ2n) is 5.04. The van der Waals surface area contributed by atoms with Crippen molar-refractivity contribution in [3.8, 4) is 5.75 Å². The molecule has 0 aliphatic carbocycles. The monoisotopic (exact) mass is 319 g/mol. The number of rotatable bonds is 8. The van der Waals surface area contributed by atoms with Crippen LogP contribution in [-0.2, 0) is 10.0 Å². The van der Waals surface area contributed by atoms with Gasteiger partial charge in [-0.15, -0.1) is 11.6 Å². The lowest BCUT2D eigenvalue weighted by atomic mass is 10.2. The zero-order valence-electron chi connectivity index (χ0n) is 12.2. The van der Waals surface area contributed by atoms with Crippen LogP contribution in [0.4, 0.5) is 0 Å².